The van der Waals surface area contributed by atoms with E-state index in [0.717, 1.165) is 11.8 Å². The molecule has 2 heterocycles. The van der Waals surface area contributed by atoms with Gasteiger partial charge in [-0.25, -0.2) is 4.68 Å². The van der Waals surface area contributed by atoms with Gasteiger partial charge in [-0.05, 0) is 25.1 Å². The van der Waals surface area contributed by atoms with E-state index in [2.05, 4.69) is 15.5 Å². The Bertz CT molecular complexity index is 940. The summed E-state index contributed by atoms with van der Waals surface area (Å²) in [5.74, 6) is 6.40. The minimum Gasteiger partial charge on any atom is -0.461 e. The summed E-state index contributed by atoms with van der Waals surface area (Å²) in [7, 11) is 0. The first-order chi connectivity index (χ1) is 12.5. The van der Waals surface area contributed by atoms with Crippen LogP contribution in [-0.4, -0.2) is 31.0 Å². The van der Waals surface area contributed by atoms with E-state index in [9.17, 15) is 14.9 Å². The number of hydrogen-bond acceptors (Lipinski definition) is 8. The third-order valence-electron chi connectivity index (χ3n) is 3.38. The van der Waals surface area contributed by atoms with Crippen molar-refractivity contribution in [1.82, 2.24) is 14.9 Å². The van der Waals surface area contributed by atoms with E-state index in [1.807, 2.05) is 0 Å². The average Bonchev–Trinajstić information content (AvgIpc) is 3.25. The van der Waals surface area contributed by atoms with E-state index in [1.54, 1.807) is 25.1 Å². The number of nitrogen functional groups attached to an aromatic ring is 1. The number of anilines is 1. The summed E-state index contributed by atoms with van der Waals surface area (Å²) in [6.07, 6.45) is 1.49. The molecule has 0 radical (unpaired) electrons. The highest BCUT2D eigenvalue weighted by Crippen LogP contribution is 2.26. The molecule has 3 aromatic rings. The molecule has 11 heteroatoms. The molecule has 0 aliphatic heterocycles. The lowest BCUT2D eigenvalue weighted by atomic mass is 10.2. The summed E-state index contributed by atoms with van der Waals surface area (Å²) in [5.41, 5.74) is 0.232. The second-order valence-corrected chi connectivity index (χ2v) is 6.52. The number of non-ortho nitro benzene ring substituents is 1. The SMILES string of the molecule is CC(Sc1nnc(-c2ccco2)n1N)C(=O)Nc1cccc([N+](=O)[O-])c1. The Labute approximate surface area is 151 Å². The van der Waals surface area contributed by atoms with Crippen molar-refractivity contribution in [2.24, 2.45) is 0 Å². The third kappa shape index (κ3) is 3.67. The van der Waals surface area contributed by atoms with Gasteiger partial charge >= 0.3 is 0 Å². The predicted molar refractivity (Wildman–Crippen MR) is 94.9 cm³/mol. The van der Waals surface area contributed by atoms with Gasteiger partial charge in [-0.15, -0.1) is 10.2 Å². The van der Waals surface area contributed by atoms with E-state index in [-0.39, 0.29) is 11.6 Å². The zero-order chi connectivity index (χ0) is 18.7. The third-order valence-corrected chi connectivity index (χ3v) is 4.44. The lowest BCUT2D eigenvalue weighted by Crippen LogP contribution is -2.23. The van der Waals surface area contributed by atoms with Crippen molar-refractivity contribution < 1.29 is 14.1 Å². The van der Waals surface area contributed by atoms with E-state index in [1.165, 1.54) is 29.1 Å². The number of aromatic nitrogens is 3. The number of amides is 1. The van der Waals surface area contributed by atoms with Crippen LogP contribution in [0.15, 0.2) is 52.2 Å². The van der Waals surface area contributed by atoms with Crippen molar-refractivity contribution in [3.05, 3.63) is 52.8 Å². The van der Waals surface area contributed by atoms with Gasteiger partial charge in [-0.2, -0.15) is 0 Å². The summed E-state index contributed by atoms with van der Waals surface area (Å²) in [4.78, 5) is 22.6. The molecule has 10 nitrogen and oxygen atoms in total. The highest BCUT2D eigenvalue weighted by atomic mass is 32.2. The maximum Gasteiger partial charge on any atom is 0.271 e. The van der Waals surface area contributed by atoms with Crippen LogP contribution in [0.3, 0.4) is 0 Å². The number of nitrogens with two attached hydrogens (primary N) is 1. The molecule has 0 spiro atoms. The van der Waals surface area contributed by atoms with Crippen LogP contribution in [0.2, 0.25) is 0 Å². The van der Waals surface area contributed by atoms with Gasteiger partial charge in [0.15, 0.2) is 5.76 Å². The molecule has 2 aromatic heterocycles. The van der Waals surface area contributed by atoms with Crippen molar-refractivity contribution in [3.8, 4) is 11.6 Å². The van der Waals surface area contributed by atoms with Crippen molar-refractivity contribution in [2.75, 3.05) is 11.2 Å². The molecular formula is C15H14N6O4S. The van der Waals surface area contributed by atoms with Crippen LogP contribution in [0.5, 0.6) is 0 Å². The number of nitrogens with one attached hydrogen (secondary N) is 1. The number of nitro benzene ring substituents is 1. The van der Waals surface area contributed by atoms with Crippen LogP contribution in [0.1, 0.15) is 6.92 Å². The molecule has 0 saturated heterocycles. The molecule has 1 amide bonds. The lowest BCUT2D eigenvalue weighted by molar-refractivity contribution is -0.384. The molecule has 1 aromatic carbocycles. The molecular weight excluding hydrogens is 360 g/mol. The first-order valence-corrected chi connectivity index (χ1v) is 8.30. The second kappa shape index (κ2) is 7.27. The average molecular weight is 374 g/mol. The molecule has 1 atom stereocenters. The molecule has 3 N–H and O–H groups in total. The molecule has 0 bridgehead atoms. The number of nitrogens with zero attached hydrogens (tertiary/aromatic N) is 4. The number of nitro groups is 1. The molecule has 0 fully saturated rings. The van der Waals surface area contributed by atoms with Gasteiger partial charge in [0.05, 0.1) is 16.4 Å². The second-order valence-electron chi connectivity index (χ2n) is 5.21. The van der Waals surface area contributed by atoms with E-state index < -0.39 is 10.2 Å². The first-order valence-electron chi connectivity index (χ1n) is 7.42. The van der Waals surface area contributed by atoms with E-state index >= 15 is 0 Å². The van der Waals surface area contributed by atoms with Crippen LogP contribution in [-0.2, 0) is 4.79 Å². The van der Waals surface area contributed by atoms with Gasteiger partial charge in [0, 0.05) is 17.8 Å². The Balaban J connectivity index is 1.68. The monoisotopic (exact) mass is 374 g/mol. The number of thioether (sulfide) groups is 1. The van der Waals surface area contributed by atoms with Crippen molar-refractivity contribution >= 4 is 29.0 Å². The van der Waals surface area contributed by atoms with Crippen molar-refractivity contribution in [1.29, 1.82) is 0 Å². The number of rotatable bonds is 6. The molecule has 0 aliphatic carbocycles. The molecule has 3 rings (SSSR count). The maximum absolute atomic E-state index is 12.3. The number of carbonyl (C=O) groups excluding carboxylic acids is 1. The Morgan fingerprint density at radius 3 is 2.88 bits per heavy atom. The Morgan fingerprint density at radius 1 is 1.38 bits per heavy atom. The highest BCUT2D eigenvalue weighted by molar-refractivity contribution is 8.00. The summed E-state index contributed by atoms with van der Waals surface area (Å²) in [6.45, 7) is 1.67. The minimum absolute atomic E-state index is 0.104. The fourth-order valence-electron chi connectivity index (χ4n) is 2.08. The van der Waals surface area contributed by atoms with Gasteiger partial charge in [0.1, 0.15) is 0 Å². The molecule has 0 saturated carbocycles. The maximum atomic E-state index is 12.3. The standard InChI is InChI=1S/C15H14N6O4S/c1-9(14(22)17-10-4-2-5-11(8-10)21(23)24)26-15-19-18-13(20(15)16)12-6-3-7-25-12/h2-9H,16H2,1H3,(H,17,22). The van der Waals surface area contributed by atoms with Crippen LogP contribution in [0.4, 0.5) is 11.4 Å². The topological polar surface area (TPSA) is 142 Å². The molecule has 134 valence electrons. The molecule has 26 heavy (non-hydrogen) atoms. The van der Waals surface area contributed by atoms with Crippen molar-refractivity contribution in [3.63, 3.8) is 0 Å². The zero-order valence-corrected chi connectivity index (χ0v) is 14.3. The Kier molecular flexibility index (Phi) is 4.89. The van der Waals surface area contributed by atoms with Crippen LogP contribution in [0.25, 0.3) is 11.6 Å². The summed E-state index contributed by atoms with van der Waals surface area (Å²) < 4.78 is 6.47. The number of benzene rings is 1. The quantitative estimate of drug-likeness (QED) is 0.289. The van der Waals surface area contributed by atoms with Gasteiger partial charge in [-0.1, -0.05) is 17.8 Å². The van der Waals surface area contributed by atoms with Crippen LogP contribution < -0.4 is 11.2 Å². The fourth-order valence-corrected chi connectivity index (χ4v) is 2.85. The van der Waals surface area contributed by atoms with Gasteiger partial charge in [0.2, 0.25) is 16.9 Å². The number of furan rings is 1. The van der Waals surface area contributed by atoms with E-state index in [4.69, 9.17) is 10.3 Å². The summed E-state index contributed by atoms with van der Waals surface area (Å²) in [5, 5.41) is 21.1. The summed E-state index contributed by atoms with van der Waals surface area (Å²) in [6, 6.07) is 9.10. The minimum atomic E-state index is -0.565. The smallest absolute Gasteiger partial charge is 0.271 e. The number of hydrogen-bond donors (Lipinski definition) is 2. The summed E-state index contributed by atoms with van der Waals surface area (Å²) >= 11 is 1.10. The Morgan fingerprint density at radius 2 is 2.19 bits per heavy atom. The van der Waals surface area contributed by atoms with E-state index in [0.29, 0.717) is 22.4 Å². The van der Waals surface area contributed by atoms with Gasteiger partial charge < -0.3 is 15.6 Å². The predicted octanol–water partition coefficient (Wildman–Crippen LogP) is 2.28. The number of carbonyl (C=O) groups is 1. The van der Waals surface area contributed by atoms with Crippen molar-refractivity contribution in [2.45, 2.75) is 17.3 Å². The fraction of sp³-hybridized carbons (Fsp3) is 0.133. The zero-order valence-electron chi connectivity index (χ0n) is 13.5. The van der Waals surface area contributed by atoms with Crippen LogP contribution in [0, 0.1) is 10.1 Å². The van der Waals surface area contributed by atoms with Crippen LogP contribution >= 0.6 is 11.8 Å². The largest absolute Gasteiger partial charge is 0.461 e. The molecule has 1 unspecified atom stereocenters. The lowest BCUT2D eigenvalue weighted by Gasteiger charge is -2.11. The van der Waals surface area contributed by atoms with Gasteiger partial charge in [-0.3, -0.25) is 14.9 Å². The normalized spacial score (nSPS) is 11.9. The first kappa shape index (κ1) is 17.5. The molecule has 0 aliphatic rings. The van der Waals surface area contributed by atoms with Gasteiger partial charge in [0.25, 0.3) is 5.69 Å². The highest BCUT2D eigenvalue weighted by Gasteiger charge is 2.21. The Hall–Kier alpha value is -3.34.